The summed E-state index contributed by atoms with van der Waals surface area (Å²) in [4.78, 5) is 7.67. The fourth-order valence-electron chi connectivity index (χ4n) is 11.8. The Morgan fingerprint density at radius 2 is 0.829 bits per heavy atom. The number of benzene rings is 8. The molecule has 0 aromatic heterocycles. The molecule has 0 saturated carbocycles. The zero-order valence-corrected chi connectivity index (χ0v) is 48.5. The third kappa shape index (κ3) is 10.3. The monoisotopic (exact) mass is 1000 g/mol. The number of anilines is 9. The molecule has 8 aromatic rings. The standard InChI is InChI=1S/C72H82BN3/c1-16-17-18-19-20-50-21-30-59(31-22-50)76-65-47-61(74(57-32-23-53(24-33-57)69(4,5)6)58-34-25-54(26-35-58)70(7,8)9)38-39-62(65)73-63-46-56(72(13,14)15)29-40-64(63)75(60-36-27-55(28-37-60)71(10,11)12)66-44-52(45-67(76)68(66)73)51-42-48(2)41-49(3)43-51/h21-47H,16-20H2,1-15H3. The van der Waals surface area contributed by atoms with Crippen molar-refractivity contribution < 1.29 is 0 Å². The van der Waals surface area contributed by atoms with E-state index in [2.05, 4.69) is 282 Å². The zero-order valence-electron chi connectivity index (χ0n) is 48.5. The molecule has 2 aliphatic rings. The number of hydrogen-bond acceptors (Lipinski definition) is 3. The van der Waals surface area contributed by atoms with E-state index in [9.17, 15) is 0 Å². The van der Waals surface area contributed by atoms with Gasteiger partial charge in [-0.05, 0) is 183 Å². The minimum Gasteiger partial charge on any atom is -0.311 e. The van der Waals surface area contributed by atoms with Crippen molar-refractivity contribution in [1.29, 1.82) is 0 Å². The Bertz CT molecular complexity index is 3310. The predicted molar refractivity (Wildman–Crippen MR) is 333 cm³/mol. The largest absolute Gasteiger partial charge is 0.311 e. The quantitative estimate of drug-likeness (QED) is 0.0944. The lowest BCUT2D eigenvalue weighted by atomic mass is 9.33. The van der Waals surface area contributed by atoms with Gasteiger partial charge in [0.25, 0.3) is 6.71 Å². The summed E-state index contributed by atoms with van der Waals surface area (Å²) in [5, 5.41) is 0. The molecule has 10 rings (SSSR count). The highest BCUT2D eigenvalue weighted by Gasteiger charge is 2.44. The predicted octanol–water partition coefficient (Wildman–Crippen LogP) is 18.8. The second kappa shape index (κ2) is 20.0. The van der Waals surface area contributed by atoms with Crippen molar-refractivity contribution in [3.05, 3.63) is 203 Å². The van der Waals surface area contributed by atoms with Gasteiger partial charge in [0.05, 0.1) is 0 Å². The van der Waals surface area contributed by atoms with Crippen molar-refractivity contribution in [2.45, 2.75) is 158 Å². The van der Waals surface area contributed by atoms with Crippen LogP contribution in [0.25, 0.3) is 11.1 Å². The van der Waals surface area contributed by atoms with Crippen LogP contribution < -0.4 is 31.1 Å². The van der Waals surface area contributed by atoms with Crippen LogP contribution in [0, 0.1) is 13.8 Å². The van der Waals surface area contributed by atoms with Crippen molar-refractivity contribution in [2.75, 3.05) is 14.7 Å². The zero-order chi connectivity index (χ0) is 54.1. The van der Waals surface area contributed by atoms with Crippen LogP contribution in [0.1, 0.15) is 155 Å². The van der Waals surface area contributed by atoms with E-state index >= 15 is 0 Å². The summed E-state index contributed by atoms with van der Waals surface area (Å²) < 4.78 is 0. The maximum absolute atomic E-state index is 2.62. The van der Waals surface area contributed by atoms with Crippen molar-refractivity contribution in [1.82, 2.24) is 0 Å². The number of fused-ring (bicyclic) bond motifs is 4. The number of nitrogens with zero attached hydrogens (tertiary/aromatic N) is 3. The summed E-state index contributed by atoms with van der Waals surface area (Å²) >= 11 is 0. The molecule has 3 nitrogen and oxygen atoms in total. The van der Waals surface area contributed by atoms with E-state index in [1.54, 1.807) is 0 Å². The molecule has 2 aliphatic heterocycles. The summed E-state index contributed by atoms with van der Waals surface area (Å²) in [5.74, 6) is 0. The van der Waals surface area contributed by atoms with Gasteiger partial charge in [-0.15, -0.1) is 0 Å². The molecule has 76 heavy (non-hydrogen) atoms. The minimum atomic E-state index is -0.0541. The highest BCUT2D eigenvalue weighted by atomic mass is 15.2. The lowest BCUT2D eigenvalue weighted by Gasteiger charge is -2.45. The molecule has 0 aliphatic carbocycles. The molecule has 0 radical (unpaired) electrons. The van der Waals surface area contributed by atoms with E-state index in [1.165, 1.54) is 126 Å². The van der Waals surface area contributed by atoms with Crippen LogP contribution in [0.2, 0.25) is 0 Å². The van der Waals surface area contributed by atoms with Gasteiger partial charge in [0.15, 0.2) is 0 Å². The van der Waals surface area contributed by atoms with E-state index in [4.69, 9.17) is 0 Å². The first-order chi connectivity index (χ1) is 36.0. The Balaban J connectivity index is 1.28. The van der Waals surface area contributed by atoms with Gasteiger partial charge in [-0.3, -0.25) is 0 Å². The Kier molecular flexibility index (Phi) is 13.8. The van der Waals surface area contributed by atoms with E-state index in [0.717, 1.165) is 23.5 Å². The molecule has 0 saturated heterocycles. The van der Waals surface area contributed by atoms with E-state index in [0.29, 0.717) is 0 Å². The van der Waals surface area contributed by atoms with Gasteiger partial charge in [-0.25, -0.2) is 0 Å². The van der Waals surface area contributed by atoms with Crippen LogP contribution in [-0.2, 0) is 28.1 Å². The molecule has 2 heterocycles. The average Bonchev–Trinajstić information content (AvgIpc) is 3.48. The van der Waals surface area contributed by atoms with Crippen LogP contribution in [0.5, 0.6) is 0 Å². The van der Waals surface area contributed by atoms with Gasteiger partial charge < -0.3 is 14.7 Å². The van der Waals surface area contributed by atoms with Crippen LogP contribution in [0.4, 0.5) is 51.2 Å². The molecular formula is C72H82BN3. The third-order valence-electron chi connectivity index (χ3n) is 16.2. The van der Waals surface area contributed by atoms with Gasteiger partial charge in [-0.1, -0.05) is 205 Å². The number of aryl methyl sites for hydroxylation is 3. The Labute approximate surface area is 458 Å². The highest BCUT2D eigenvalue weighted by Crippen LogP contribution is 2.49. The lowest BCUT2D eigenvalue weighted by molar-refractivity contribution is 0.590. The topological polar surface area (TPSA) is 9.72 Å². The number of hydrogen-bond donors (Lipinski definition) is 0. The molecular weight excluding hydrogens is 918 g/mol. The van der Waals surface area contributed by atoms with Gasteiger partial charge in [0, 0.05) is 51.2 Å². The molecule has 4 heteroatoms. The van der Waals surface area contributed by atoms with Gasteiger partial charge in [0.2, 0.25) is 0 Å². The summed E-state index contributed by atoms with van der Waals surface area (Å²) in [6.45, 7) is 34.5. The first kappa shape index (κ1) is 52.7. The molecule has 0 spiro atoms. The van der Waals surface area contributed by atoms with Crippen LogP contribution >= 0.6 is 0 Å². The SMILES string of the molecule is CCCCCCc1ccc(N2c3cc(N(c4ccc(C(C)(C)C)cc4)c4ccc(C(C)(C)C)cc4)ccc3B3c4cc(C(C)(C)C)ccc4N(c4ccc(C(C)(C)C)cc4)c4cc(-c5cc(C)cc(C)c5)cc2c43)cc1. The lowest BCUT2D eigenvalue weighted by Crippen LogP contribution is -2.61. The van der Waals surface area contributed by atoms with Gasteiger partial charge >= 0.3 is 0 Å². The minimum absolute atomic E-state index is 0.0304. The average molecular weight is 1000 g/mol. The van der Waals surface area contributed by atoms with Gasteiger partial charge in [0.1, 0.15) is 0 Å². The maximum atomic E-state index is 2.62. The fraction of sp³-hybridized carbons (Fsp3) is 0.333. The summed E-state index contributed by atoms with van der Waals surface area (Å²) in [7, 11) is 0. The Hall–Kier alpha value is -6.78. The summed E-state index contributed by atoms with van der Waals surface area (Å²) in [6.07, 6.45) is 6.09. The first-order valence-electron chi connectivity index (χ1n) is 28.3. The molecule has 388 valence electrons. The van der Waals surface area contributed by atoms with E-state index in [1.807, 2.05) is 0 Å². The van der Waals surface area contributed by atoms with Crippen molar-refractivity contribution in [3.8, 4) is 11.1 Å². The van der Waals surface area contributed by atoms with Gasteiger partial charge in [-0.2, -0.15) is 0 Å². The normalized spacial score (nSPS) is 13.4. The van der Waals surface area contributed by atoms with Crippen LogP contribution in [0.15, 0.2) is 164 Å². The first-order valence-corrected chi connectivity index (χ1v) is 28.3. The number of unbranched alkanes of at least 4 members (excludes halogenated alkanes) is 3. The molecule has 0 unspecified atom stereocenters. The molecule has 8 aromatic carbocycles. The second-order valence-corrected chi connectivity index (χ2v) is 26.4. The van der Waals surface area contributed by atoms with Crippen molar-refractivity contribution in [3.63, 3.8) is 0 Å². The van der Waals surface area contributed by atoms with Crippen molar-refractivity contribution in [2.24, 2.45) is 0 Å². The fourth-order valence-corrected chi connectivity index (χ4v) is 11.8. The maximum Gasteiger partial charge on any atom is 0.252 e. The molecule has 0 atom stereocenters. The second-order valence-electron chi connectivity index (χ2n) is 26.4. The van der Waals surface area contributed by atoms with E-state index < -0.39 is 0 Å². The summed E-state index contributed by atoms with van der Waals surface area (Å²) in [6, 6.07) is 64.3. The van der Waals surface area contributed by atoms with Crippen LogP contribution in [-0.4, -0.2) is 6.71 Å². The smallest absolute Gasteiger partial charge is 0.252 e. The Morgan fingerprint density at radius 3 is 1.33 bits per heavy atom. The van der Waals surface area contributed by atoms with Crippen molar-refractivity contribution >= 4 is 74.3 Å². The molecule has 0 amide bonds. The molecule has 0 N–H and O–H groups in total. The molecule has 0 bridgehead atoms. The van der Waals surface area contributed by atoms with E-state index in [-0.39, 0.29) is 28.4 Å². The number of rotatable bonds is 11. The summed E-state index contributed by atoms with van der Waals surface area (Å²) in [5.41, 5.74) is 26.3. The Morgan fingerprint density at radius 1 is 0.382 bits per heavy atom. The van der Waals surface area contributed by atoms with Crippen LogP contribution in [0.3, 0.4) is 0 Å². The highest BCUT2D eigenvalue weighted by molar-refractivity contribution is 7.00. The third-order valence-corrected chi connectivity index (χ3v) is 16.2. The molecule has 0 fully saturated rings.